The van der Waals surface area contributed by atoms with Crippen molar-refractivity contribution in [3.8, 4) is 0 Å². The molecule has 2 aliphatic rings. The lowest BCUT2D eigenvalue weighted by molar-refractivity contribution is -0.139. The molecule has 2 N–H and O–H groups in total. The average Bonchev–Trinajstić information content (AvgIpc) is 3.27. The molecule has 2 aromatic heterocycles. The molecule has 2 fully saturated rings. The van der Waals surface area contributed by atoms with Gasteiger partial charge in [0.15, 0.2) is 11.6 Å². The maximum absolute atomic E-state index is 12.8. The Morgan fingerprint density at radius 3 is 2.80 bits per heavy atom. The molecule has 1 spiro atoms. The SMILES string of the molecule is CNc1nccnc1N1CCC2(CC1)CC(O)CN(C(=O)CCCn1cccn1)C2. The summed E-state index contributed by atoms with van der Waals surface area (Å²) in [5, 5.41) is 17.8. The Balaban J connectivity index is 1.34. The maximum Gasteiger partial charge on any atom is 0.222 e. The Kier molecular flexibility index (Phi) is 6.17. The molecule has 0 radical (unpaired) electrons. The van der Waals surface area contributed by atoms with Crippen LogP contribution in [0, 0.1) is 5.41 Å². The molecule has 0 aromatic carbocycles. The molecule has 1 atom stereocenters. The number of hydrogen-bond donors (Lipinski definition) is 2. The molecular formula is C21H31N7O2. The summed E-state index contributed by atoms with van der Waals surface area (Å²) in [5.41, 5.74) is -0.0200. The second kappa shape index (κ2) is 8.99. The van der Waals surface area contributed by atoms with Gasteiger partial charge in [-0.15, -0.1) is 0 Å². The largest absolute Gasteiger partial charge is 0.391 e. The molecule has 4 heterocycles. The highest BCUT2D eigenvalue weighted by molar-refractivity contribution is 5.76. The molecule has 9 nitrogen and oxygen atoms in total. The minimum atomic E-state index is -0.454. The molecule has 2 aromatic rings. The molecule has 1 unspecified atom stereocenters. The summed E-state index contributed by atoms with van der Waals surface area (Å²) in [6, 6.07) is 1.89. The number of likely N-dealkylation sites (tertiary alicyclic amines) is 1. The van der Waals surface area contributed by atoms with E-state index in [-0.39, 0.29) is 11.3 Å². The summed E-state index contributed by atoms with van der Waals surface area (Å²) in [5.74, 6) is 1.79. The van der Waals surface area contributed by atoms with Gasteiger partial charge in [-0.05, 0) is 37.2 Å². The van der Waals surface area contributed by atoms with Crippen molar-refractivity contribution in [2.75, 3.05) is 43.4 Å². The highest BCUT2D eigenvalue weighted by Crippen LogP contribution is 2.41. The minimum absolute atomic E-state index is 0.0200. The van der Waals surface area contributed by atoms with Gasteiger partial charge in [0.1, 0.15) is 0 Å². The fourth-order valence-corrected chi connectivity index (χ4v) is 4.82. The van der Waals surface area contributed by atoms with E-state index < -0.39 is 6.10 Å². The lowest BCUT2D eigenvalue weighted by Gasteiger charge is -2.49. The first kappa shape index (κ1) is 20.6. The van der Waals surface area contributed by atoms with E-state index in [0.29, 0.717) is 13.0 Å². The third kappa shape index (κ3) is 4.56. The highest BCUT2D eigenvalue weighted by Gasteiger charge is 2.43. The molecule has 162 valence electrons. The quantitative estimate of drug-likeness (QED) is 0.738. The molecule has 2 saturated heterocycles. The first-order valence-corrected chi connectivity index (χ1v) is 10.8. The summed E-state index contributed by atoms with van der Waals surface area (Å²) in [7, 11) is 1.85. The second-order valence-corrected chi connectivity index (χ2v) is 8.47. The molecule has 0 aliphatic carbocycles. The topological polar surface area (TPSA) is 99.4 Å². The zero-order valence-electron chi connectivity index (χ0n) is 17.6. The molecule has 30 heavy (non-hydrogen) atoms. The van der Waals surface area contributed by atoms with Crippen LogP contribution in [0.15, 0.2) is 30.9 Å². The fourth-order valence-electron chi connectivity index (χ4n) is 4.82. The standard InChI is InChI=1S/C21H31N7O2/c1-22-19-20(24-9-8-23-19)26-12-5-21(6-13-26)14-17(29)15-27(16-21)18(30)4-2-10-28-11-3-7-25-28/h3,7-9,11,17,29H,2,4-6,10,12-16H2,1H3,(H,22,23). The van der Waals surface area contributed by atoms with Crippen LogP contribution in [0.2, 0.25) is 0 Å². The van der Waals surface area contributed by atoms with Crippen LogP contribution in [0.3, 0.4) is 0 Å². The van der Waals surface area contributed by atoms with E-state index in [1.165, 1.54) is 0 Å². The van der Waals surface area contributed by atoms with E-state index in [2.05, 4.69) is 25.3 Å². The van der Waals surface area contributed by atoms with Crippen molar-refractivity contribution < 1.29 is 9.90 Å². The summed E-state index contributed by atoms with van der Waals surface area (Å²) >= 11 is 0. The number of piperidine rings is 2. The van der Waals surface area contributed by atoms with Crippen molar-refractivity contribution in [2.45, 2.75) is 44.8 Å². The lowest BCUT2D eigenvalue weighted by Crippen LogP contribution is -2.55. The zero-order chi connectivity index (χ0) is 21.0. The van der Waals surface area contributed by atoms with Crippen LogP contribution in [0.25, 0.3) is 0 Å². The summed E-state index contributed by atoms with van der Waals surface area (Å²) in [6.45, 7) is 3.61. The van der Waals surface area contributed by atoms with Crippen molar-refractivity contribution in [3.05, 3.63) is 30.9 Å². The van der Waals surface area contributed by atoms with Gasteiger partial charge >= 0.3 is 0 Å². The van der Waals surface area contributed by atoms with E-state index in [0.717, 1.165) is 63.5 Å². The summed E-state index contributed by atoms with van der Waals surface area (Å²) in [4.78, 5) is 25.8. The number of rotatable bonds is 6. The summed E-state index contributed by atoms with van der Waals surface area (Å²) in [6.07, 6.45) is 10.5. The Hall–Kier alpha value is -2.68. The number of aromatic nitrogens is 4. The van der Waals surface area contributed by atoms with Crippen LogP contribution in [0.5, 0.6) is 0 Å². The van der Waals surface area contributed by atoms with Crippen LogP contribution in [-0.2, 0) is 11.3 Å². The van der Waals surface area contributed by atoms with Gasteiger partial charge in [0, 0.05) is 71.0 Å². The number of nitrogens with one attached hydrogen (secondary N) is 1. The molecule has 4 rings (SSSR count). The number of aliphatic hydroxyl groups excluding tert-OH is 1. The van der Waals surface area contributed by atoms with Crippen molar-refractivity contribution in [1.82, 2.24) is 24.6 Å². The van der Waals surface area contributed by atoms with Gasteiger partial charge in [-0.1, -0.05) is 0 Å². The second-order valence-electron chi connectivity index (χ2n) is 8.47. The monoisotopic (exact) mass is 413 g/mol. The minimum Gasteiger partial charge on any atom is -0.391 e. The highest BCUT2D eigenvalue weighted by atomic mass is 16.3. The van der Waals surface area contributed by atoms with Gasteiger partial charge in [0.25, 0.3) is 0 Å². The van der Waals surface area contributed by atoms with Gasteiger partial charge in [0.05, 0.1) is 6.10 Å². The van der Waals surface area contributed by atoms with Gasteiger partial charge in [-0.2, -0.15) is 5.10 Å². The van der Waals surface area contributed by atoms with Gasteiger partial charge < -0.3 is 20.2 Å². The predicted molar refractivity (Wildman–Crippen MR) is 114 cm³/mol. The van der Waals surface area contributed by atoms with E-state index in [4.69, 9.17) is 0 Å². The molecule has 9 heteroatoms. The number of aliphatic hydroxyl groups is 1. The number of nitrogens with zero attached hydrogens (tertiary/aromatic N) is 6. The molecule has 1 amide bonds. The lowest BCUT2D eigenvalue weighted by atomic mass is 9.71. The van der Waals surface area contributed by atoms with Crippen LogP contribution < -0.4 is 10.2 Å². The first-order valence-electron chi connectivity index (χ1n) is 10.8. The smallest absolute Gasteiger partial charge is 0.222 e. The van der Waals surface area contributed by atoms with Crippen molar-refractivity contribution in [3.63, 3.8) is 0 Å². The van der Waals surface area contributed by atoms with E-state index in [9.17, 15) is 9.90 Å². The third-order valence-corrected chi connectivity index (χ3v) is 6.36. The van der Waals surface area contributed by atoms with Crippen LogP contribution in [-0.4, -0.2) is 75.0 Å². The van der Waals surface area contributed by atoms with Crippen LogP contribution in [0.1, 0.15) is 32.1 Å². The molecule has 0 bridgehead atoms. The van der Waals surface area contributed by atoms with E-state index in [1.807, 2.05) is 28.9 Å². The van der Waals surface area contributed by atoms with Crippen molar-refractivity contribution >= 4 is 17.5 Å². The third-order valence-electron chi connectivity index (χ3n) is 6.36. The zero-order valence-corrected chi connectivity index (χ0v) is 17.6. The van der Waals surface area contributed by atoms with E-state index in [1.54, 1.807) is 18.6 Å². The Morgan fingerprint density at radius 2 is 2.07 bits per heavy atom. The Bertz CT molecular complexity index is 834. The Labute approximate surface area is 177 Å². The van der Waals surface area contributed by atoms with Crippen LogP contribution >= 0.6 is 0 Å². The molecule has 2 aliphatic heterocycles. The maximum atomic E-state index is 12.8. The average molecular weight is 414 g/mol. The number of amides is 1. The fraction of sp³-hybridized carbons (Fsp3) is 0.619. The number of aryl methyl sites for hydroxylation is 1. The van der Waals surface area contributed by atoms with Crippen LogP contribution in [0.4, 0.5) is 11.6 Å². The number of anilines is 2. The van der Waals surface area contributed by atoms with Gasteiger partial charge in [-0.25, -0.2) is 9.97 Å². The summed E-state index contributed by atoms with van der Waals surface area (Å²) < 4.78 is 1.85. The first-order chi connectivity index (χ1) is 14.6. The normalized spacial score (nSPS) is 21.1. The number of carbonyl (C=O) groups is 1. The number of carbonyl (C=O) groups excluding carboxylic acids is 1. The van der Waals surface area contributed by atoms with Crippen molar-refractivity contribution in [2.24, 2.45) is 5.41 Å². The van der Waals surface area contributed by atoms with Gasteiger partial charge in [0.2, 0.25) is 5.91 Å². The number of hydrogen-bond acceptors (Lipinski definition) is 7. The van der Waals surface area contributed by atoms with E-state index >= 15 is 0 Å². The Morgan fingerprint density at radius 1 is 1.27 bits per heavy atom. The molecule has 0 saturated carbocycles. The molecular weight excluding hydrogens is 382 g/mol. The number of β-amino-alcohol motifs (C(OH)–C–C–N with tert-alkyl or cyclic N) is 1. The van der Waals surface area contributed by atoms with Gasteiger partial charge in [-0.3, -0.25) is 9.48 Å². The predicted octanol–water partition coefficient (Wildman–Crippen LogP) is 1.37. The van der Waals surface area contributed by atoms with Crippen molar-refractivity contribution in [1.29, 1.82) is 0 Å².